The number of carbonyl (C=O) groups is 1. The smallest absolute Gasteiger partial charge is 0.225 e. The fraction of sp³-hybridized carbons (Fsp3) is 0.591. The Labute approximate surface area is 167 Å². The molecule has 2 fully saturated rings. The van der Waals surface area contributed by atoms with E-state index in [1.165, 1.54) is 24.0 Å². The molecule has 27 heavy (non-hydrogen) atoms. The summed E-state index contributed by atoms with van der Waals surface area (Å²) in [6.45, 7) is 4.95. The van der Waals surface area contributed by atoms with E-state index < -0.39 is 0 Å². The first-order valence-corrected chi connectivity index (χ1v) is 10.6. The molecule has 4 rings (SSSR count). The molecule has 0 atom stereocenters. The highest BCUT2D eigenvalue weighted by atomic mass is 35.5. The fourth-order valence-electron chi connectivity index (χ4n) is 4.73. The van der Waals surface area contributed by atoms with Gasteiger partial charge in [0.05, 0.1) is 7.11 Å². The predicted molar refractivity (Wildman–Crippen MR) is 109 cm³/mol. The maximum atomic E-state index is 12.6. The summed E-state index contributed by atoms with van der Waals surface area (Å²) >= 11 is 6.44. The van der Waals surface area contributed by atoms with Crippen molar-refractivity contribution in [3.8, 4) is 5.75 Å². The molecule has 146 valence electrons. The zero-order valence-corrected chi connectivity index (χ0v) is 16.9. The van der Waals surface area contributed by atoms with Crippen LogP contribution in [0, 0.1) is 5.92 Å². The summed E-state index contributed by atoms with van der Waals surface area (Å²) < 4.78 is 5.49. The Bertz CT molecular complexity index is 732. The van der Waals surface area contributed by atoms with Crippen molar-refractivity contribution in [3.63, 3.8) is 0 Å². The molecule has 3 aliphatic rings. The van der Waals surface area contributed by atoms with Gasteiger partial charge in [0.2, 0.25) is 5.91 Å². The first-order chi connectivity index (χ1) is 13.2. The molecule has 0 unspecified atom stereocenters. The van der Waals surface area contributed by atoms with Gasteiger partial charge in [-0.3, -0.25) is 9.69 Å². The monoisotopic (exact) mass is 388 g/mol. The molecule has 1 aliphatic carbocycles. The Balaban J connectivity index is 1.36. The minimum Gasteiger partial charge on any atom is -0.496 e. The van der Waals surface area contributed by atoms with Crippen LogP contribution in [0.3, 0.4) is 0 Å². The van der Waals surface area contributed by atoms with Crippen molar-refractivity contribution in [1.29, 1.82) is 0 Å². The molecule has 0 radical (unpaired) electrons. The van der Waals surface area contributed by atoms with Crippen molar-refractivity contribution >= 4 is 23.6 Å². The van der Waals surface area contributed by atoms with Gasteiger partial charge in [-0.2, -0.15) is 0 Å². The lowest BCUT2D eigenvalue weighted by Gasteiger charge is -2.34. The van der Waals surface area contributed by atoms with E-state index in [4.69, 9.17) is 16.3 Å². The molecule has 0 saturated carbocycles. The zero-order valence-electron chi connectivity index (χ0n) is 16.2. The van der Waals surface area contributed by atoms with E-state index in [1.54, 1.807) is 7.11 Å². The number of methoxy groups -OCH3 is 1. The lowest BCUT2D eigenvalue weighted by molar-refractivity contribution is -0.135. The van der Waals surface area contributed by atoms with E-state index in [9.17, 15) is 4.79 Å². The van der Waals surface area contributed by atoms with Gasteiger partial charge in [0.1, 0.15) is 5.75 Å². The minimum absolute atomic E-state index is 0.235. The van der Waals surface area contributed by atoms with Crippen LogP contribution < -0.4 is 4.74 Å². The van der Waals surface area contributed by atoms with Crippen molar-refractivity contribution < 1.29 is 9.53 Å². The molecule has 4 nitrogen and oxygen atoms in total. The van der Waals surface area contributed by atoms with Gasteiger partial charge in [-0.15, -0.1) is 0 Å². The van der Waals surface area contributed by atoms with Gasteiger partial charge < -0.3 is 9.64 Å². The Morgan fingerprint density at radius 2 is 1.89 bits per heavy atom. The highest BCUT2D eigenvalue weighted by Gasteiger charge is 2.30. The molecule has 0 bridgehead atoms. The SMILES string of the molecule is COc1ccc(Cl)c2c1CCC(CN1CCC(C(=O)N3CCCC3)CC1)=C2. The summed E-state index contributed by atoms with van der Waals surface area (Å²) in [5.41, 5.74) is 3.78. The topological polar surface area (TPSA) is 32.8 Å². The summed E-state index contributed by atoms with van der Waals surface area (Å²) in [6.07, 6.45) is 8.62. The minimum atomic E-state index is 0.235. The van der Waals surface area contributed by atoms with Crippen molar-refractivity contribution in [1.82, 2.24) is 9.80 Å². The summed E-state index contributed by atoms with van der Waals surface area (Å²) in [5, 5.41) is 0.804. The van der Waals surface area contributed by atoms with Crippen LogP contribution in [0.2, 0.25) is 5.02 Å². The third kappa shape index (κ3) is 4.02. The van der Waals surface area contributed by atoms with E-state index in [1.807, 2.05) is 12.1 Å². The maximum Gasteiger partial charge on any atom is 0.225 e. The molecular formula is C22H29ClN2O2. The Morgan fingerprint density at radius 1 is 1.15 bits per heavy atom. The second-order valence-corrected chi connectivity index (χ2v) is 8.43. The number of ether oxygens (including phenoxy) is 1. The van der Waals surface area contributed by atoms with Gasteiger partial charge in [-0.25, -0.2) is 0 Å². The van der Waals surface area contributed by atoms with Gasteiger partial charge in [0.25, 0.3) is 0 Å². The van der Waals surface area contributed by atoms with Gasteiger partial charge in [0.15, 0.2) is 0 Å². The van der Waals surface area contributed by atoms with Crippen LogP contribution in [0.5, 0.6) is 5.75 Å². The lowest BCUT2D eigenvalue weighted by atomic mass is 9.90. The van der Waals surface area contributed by atoms with E-state index >= 15 is 0 Å². The molecule has 1 amide bonds. The summed E-state index contributed by atoms with van der Waals surface area (Å²) in [6, 6.07) is 3.89. The number of benzene rings is 1. The lowest BCUT2D eigenvalue weighted by Crippen LogP contribution is -2.42. The average Bonchev–Trinajstić information content (AvgIpc) is 3.24. The molecule has 5 heteroatoms. The molecule has 0 spiro atoms. The molecule has 1 aromatic rings. The highest BCUT2D eigenvalue weighted by molar-refractivity contribution is 6.32. The van der Waals surface area contributed by atoms with Crippen LogP contribution in [0.25, 0.3) is 6.08 Å². The van der Waals surface area contributed by atoms with E-state index in [0.717, 1.165) is 74.7 Å². The Kier molecular flexibility index (Phi) is 5.74. The summed E-state index contributed by atoms with van der Waals surface area (Å²) in [4.78, 5) is 17.2. The third-order valence-electron chi connectivity index (χ3n) is 6.31. The number of hydrogen-bond donors (Lipinski definition) is 0. The fourth-order valence-corrected chi connectivity index (χ4v) is 4.96. The molecule has 2 saturated heterocycles. The predicted octanol–water partition coefficient (Wildman–Crippen LogP) is 4.01. The number of rotatable bonds is 4. The normalized spacial score (nSPS) is 21.1. The largest absolute Gasteiger partial charge is 0.496 e. The van der Waals surface area contributed by atoms with Crippen LogP contribution >= 0.6 is 11.6 Å². The van der Waals surface area contributed by atoms with E-state index in [2.05, 4.69) is 15.9 Å². The van der Waals surface area contributed by atoms with Crippen molar-refractivity contribution in [3.05, 3.63) is 33.9 Å². The number of piperidine rings is 1. The highest BCUT2D eigenvalue weighted by Crippen LogP contribution is 2.36. The van der Waals surface area contributed by atoms with Crippen LogP contribution in [0.1, 0.15) is 43.2 Å². The summed E-state index contributed by atoms with van der Waals surface area (Å²) in [5.74, 6) is 1.57. The first-order valence-electron chi connectivity index (χ1n) is 10.2. The quantitative estimate of drug-likeness (QED) is 0.781. The molecule has 2 aliphatic heterocycles. The van der Waals surface area contributed by atoms with E-state index in [0.29, 0.717) is 5.91 Å². The Morgan fingerprint density at radius 3 is 2.59 bits per heavy atom. The van der Waals surface area contributed by atoms with Gasteiger partial charge >= 0.3 is 0 Å². The molecular weight excluding hydrogens is 360 g/mol. The van der Waals surface area contributed by atoms with Gasteiger partial charge in [0, 0.05) is 36.1 Å². The molecule has 2 heterocycles. The first kappa shape index (κ1) is 18.8. The Hall–Kier alpha value is -1.52. The molecule has 1 aromatic carbocycles. The molecule has 0 aromatic heterocycles. The van der Waals surface area contributed by atoms with Gasteiger partial charge in [-0.1, -0.05) is 23.3 Å². The number of hydrogen-bond acceptors (Lipinski definition) is 3. The van der Waals surface area contributed by atoms with Crippen molar-refractivity contribution in [2.45, 2.75) is 38.5 Å². The number of nitrogens with zero attached hydrogens (tertiary/aromatic N) is 2. The van der Waals surface area contributed by atoms with Crippen LogP contribution in [0.4, 0.5) is 0 Å². The second-order valence-electron chi connectivity index (χ2n) is 8.03. The average molecular weight is 389 g/mol. The van der Waals surface area contributed by atoms with Crippen molar-refractivity contribution in [2.75, 3.05) is 39.8 Å². The molecule has 0 N–H and O–H groups in total. The number of fused-ring (bicyclic) bond motifs is 1. The van der Waals surface area contributed by atoms with Crippen molar-refractivity contribution in [2.24, 2.45) is 5.92 Å². The zero-order chi connectivity index (χ0) is 18.8. The number of halogens is 1. The van der Waals surface area contributed by atoms with Gasteiger partial charge in [-0.05, 0) is 69.3 Å². The number of carbonyl (C=O) groups excluding carboxylic acids is 1. The van der Waals surface area contributed by atoms with Crippen LogP contribution in [-0.4, -0.2) is 55.5 Å². The number of amides is 1. The van der Waals surface area contributed by atoms with E-state index in [-0.39, 0.29) is 5.92 Å². The summed E-state index contributed by atoms with van der Waals surface area (Å²) in [7, 11) is 1.72. The standard InChI is InChI=1S/C22H29ClN2O2/c1-27-21-7-6-20(23)19-14-16(4-5-18(19)21)15-24-12-8-17(9-13-24)22(26)25-10-2-3-11-25/h6-7,14,17H,2-5,8-13,15H2,1H3. The van der Waals surface area contributed by atoms with Crippen LogP contribution in [-0.2, 0) is 11.2 Å². The second kappa shape index (κ2) is 8.24. The maximum absolute atomic E-state index is 12.6. The van der Waals surface area contributed by atoms with Crippen LogP contribution in [0.15, 0.2) is 17.7 Å². The number of likely N-dealkylation sites (tertiary alicyclic amines) is 2. The third-order valence-corrected chi connectivity index (χ3v) is 6.64.